The second-order valence-corrected chi connectivity index (χ2v) is 21.2. The Morgan fingerprint density at radius 2 is 0.355 bits per heavy atom. The minimum atomic E-state index is -1.48. The monoisotopic (exact) mass is 1070 g/mol. The van der Waals surface area contributed by atoms with Crippen LogP contribution in [0.15, 0.2) is 194 Å². The van der Waals surface area contributed by atoms with Gasteiger partial charge in [0.25, 0.3) is 0 Å². The Kier molecular flexibility index (Phi) is 18.2. The molecule has 4 aliphatic carbocycles. The van der Waals surface area contributed by atoms with E-state index in [1.165, 1.54) is 0 Å². The third kappa shape index (κ3) is 11.7. The minimum absolute atomic E-state index is 0.167. The number of halogens is 3. The highest BCUT2D eigenvalue weighted by Gasteiger charge is 2.45. The highest BCUT2D eigenvalue weighted by atomic mass is 35.6. The normalized spacial score (nSPS) is 14.5. The predicted octanol–water partition coefficient (Wildman–Crippen LogP) is 12.8. The molecule has 0 unspecified atom stereocenters. The Morgan fingerprint density at radius 3 is 0.461 bits per heavy atom. The van der Waals surface area contributed by atoms with Crippen molar-refractivity contribution >= 4 is 34.8 Å². The summed E-state index contributed by atoms with van der Waals surface area (Å²) in [4.78, 5) is 0. The van der Waals surface area contributed by atoms with Crippen molar-refractivity contribution < 1.29 is 35.7 Å². The van der Waals surface area contributed by atoms with Gasteiger partial charge in [0.2, 0.25) is 0 Å². The molecule has 76 heavy (non-hydrogen) atoms. The molecule has 7 N–H and O–H groups in total. The number of aliphatic hydroxyl groups excluding tert-OH is 3. The fourth-order valence-electron chi connectivity index (χ4n) is 9.75. The second kappa shape index (κ2) is 24.2. The van der Waals surface area contributed by atoms with E-state index < -0.39 is 26.7 Å². The van der Waals surface area contributed by atoms with Crippen molar-refractivity contribution in [2.24, 2.45) is 0 Å². The Morgan fingerprint density at radius 1 is 0.263 bits per heavy atom. The van der Waals surface area contributed by atoms with Crippen LogP contribution in [0, 0.1) is 23.7 Å². The van der Waals surface area contributed by atoms with E-state index in [0.29, 0.717) is 0 Å². The van der Waals surface area contributed by atoms with E-state index >= 15 is 0 Å². The summed E-state index contributed by atoms with van der Waals surface area (Å²) < 4.78 is -0.750. The van der Waals surface area contributed by atoms with Crippen LogP contribution < -0.4 is 0 Å². The maximum absolute atomic E-state index is 11.8. The third-order valence-corrected chi connectivity index (χ3v) is 12.5. The first-order valence-corrected chi connectivity index (χ1v) is 26.2. The van der Waals surface area contributed by atoms with Gasteiger partial charge < -0.3 is 35.7 Å². The molecule has 4 aliphatic rings. The lowest BCUT2D eigenvalue weighted by Crippen LogP contribution is -2.26. The van der Waals surface area contributed by atoms with Crippen molar-refractivity contribution in [2.75, 3.05) is 0 Å². The Bertz CT molecular complexity index is 2810. The highest BCUT2D eigenvalue weighted by Crippen LogP contribution is 2.52. The minimum Gasteiger partial charge on any atom is -0.394 e. The molecule has 0 aromatic heterocycles. The topological polar surface area (TPSA) is 142 Å². The number of benzene rings is 8. The van der Waals surface area contributed by atoms with Crippen molar-refractivity contribution in [3.05, 3.63) is 239 Å². The maximum Gasteiger partial charge on any atom is 0.180 e. The SMILES string of the molecule is CC(C)O.CC(C)O.CC(C)O.ClC(Cl)Cl.OC1(C#CC2(O)c3ccccc3-c3ccccc32)c2ccccc2-c2ccccc21.OC1(C#CC2(O)c3ccccc3-c3ccccc32)c2ccccc2-c2ccccc21. The van der Waals surface area contributed by atoms with Gasteiger partial charge in [0.1, 0.15) is 0 Å². The van der Waals surface area contributed by atoms with E-state index in [-0.39, 0.29) is 18.3 Å². The number of fused-ring (bicyclic) bond motifs is 12. The lowest BCUT2D eigenvalue weighted by atomic mass is 9.87. The van der Waals surface area contributed by atoms with E-state index in [1.807, 2.05) is 194 Å². The molecule has 0 radical (unpaired) electrons. The molecule has 0 fully saturated rings. The first-order valence-electron chi connectivity index (χ1n) is 24.9. The summed E-state index contributed by atoms with van der Waals surface area (Å²) in [7, 11) is 0. The maximum atomic E-state index is 11.8. The lowest BCUT2D eigenvalue weighted by molar-refractivity contribution is 0.138. The zero-order chi connectivity index (χ0) is 55.0. The van der Waals surface area contributed by atoms with Crippen molar-refractivity contribution in [1.29, 1.82) is 0 Å². The fourth-order valence-corrected chi connectivity index (χ4v) is 9.75. The summed E-state index contributed by atoms with van der Waals surface area (Å²) in [5.41, 5.74) is 7.91. The lowest BCUT2D eigenvalue weighted by Gasteiger charge is -2.23. The molecule has 12 rings (SSSR count). The van der Waals surface area contributed by atoms with Crippen LogP contribution in [0.3, 0.4) is 0 Å². The number of alkyl halides is 3. The van der Waals surface area contributed by atoms with Crippen LogP contribution in [0.1, 0.15) is 86.1 Å². The van der Waals surface area contributed by atoms with Crippen LogP contribution in [-0.4, -0.2) is 58.4 Å². The molecule has 0 saturated heterocycles. The summed E-state index contributed by atoms with van der Waals surface area (Å²) in [6.45, 7) is 10.3. The van der Waals surface area contributed by atoms with Crippen LogP contribution in [-0.2, 0) is 22.4 Å². The second-order valence-electron chi connectivity index (χ2n) is 19.2. The van der Waals surface area contributed by atoms with E-state index in [0.717, 1.165) is 89.0 Å². The summed E-state index contributed by atoms with van der Waals surface area (Å²) in [6.07, 6.45) is -0.500. The van der Waals surface area contributed by atoms with Gasteiger partial charge >= 0.3 is 0 Å². The molecule has 8 aromatic rings. The Balaban J connectivity index is 0.000000173. The van der Waals surface area contributed by atoms with E-state index in [4.69, 9.17) is 50.1 Å². The molecule has 0 atom stereocenters. The van der Waals surface area contributed by atoms with Crippen LogP contribution >= 0.6 is 34.8 Å². The van der Waals surface area contributed by atoms with Crippen molar-refractivity contribution in [1.82, 2.24) is 0 Å². The fraction of sp³-hybridized carbons (Fsp3) is 0.212. The molecule has 388 valence electrons. The van der Waals surface area contributed by atoms with Crippen LogP contribution in [0.2, 0.25) is 0 Å². The molecule has 0 saturated carbocycles. The van der Waals surface area contributed by atoms with Crippen LogP contribution in [0.5, 0.6) is 0 Å². The zero-order valence-corrected chi connectivity index (χ0v) is 45.3. The van der Waals surface area contributed by atoms with Gasteiger partial charge in [-0.15, -0.1) is 0 Å². The Hall–Kier alpha value is -6.53. The third-order valence-electron chi connectivity index (χ3n) is 12.5. The van der Waals surface area contributed by atoms with E-state index in [9.17, 15) is 20.4 Å². The van der Waals surface area contributed by atoms with Crippen molar-refractivity contribution in [2.45, 2.75) is 86.6 Å². The molecule has 0 amide bonds. The quantitative estimate of drug-likeness (QED) is 0.0592. The molecular weight excluding hydrogens is 1010 g/mol. The van der Waals surface area contributed by atoms with E-state index in [1.54, 1.807) is 41.5 Å². The van der Waals surface area contributed by atoms with Gasteiger partial charge in [-0.1, -0.05) is 253 Å². The van der Waals surface area contributed by atoms with Gasteiger partial charge in [-0.3, -0.25) is 0 Å². The molecule has 10 heteroatoms. The van der Waals surface area contributed by atoms with Gasteiger partial charge in [0.15, 0.2) is 26.7 Å². The summed E-state index contributed by atoms with van der Waals surface area (Å²) in [5, 5.41) is 71.3. The van der Waals surface area contributed by atoms with Crippen LogP contribution in [0.25, 0.3) is 44.5 Å². The molecular formula is C66H61Cl3O7. The molecule has 0 heterocycles. The average Bonchev–Trinajstić information content (AvgIpc) is 4.04. The van der Waals surface area contributed by atoms with E-state index in [2.05, 4.69) is 23.7 Å². The molecule has 0 bridgehead atoms. The summed E-state index contributed by atoms with van der Waals surface area (Å²) in [5.74, 6) is 12.4. The smallest absolute Gasteiger partial charge is 0.180 e. The average molecular weight is 1070 g/mol. The highest BCUT2D eigenvalue weighted by molar-refractivity contribution is 6.63. The summed E-state index contributed by atoms with van der Waals surface area (Å²) in [6, 6.07) is 62.3. The summed E-state index contributed by atoms with van der Waals surface area (Å²) >= 11 is 14.4. The van der Waals surface area contributed by atoms with Gasteiger partial charge in [0.05, 0.1) is 0 Å². The molecule has 8 aromatic carbocycles. The number of aliphatic hydroxyl groups is 7. The number of rotatable bonds is 0. The molecule has 7 nitrogen and oxygen atoms in total. The van der Waals surface area contributed by atoms with Gasteiger partial charge in [-0.25, -0.2) is 0 Å². The Labute approximate surface area is 461 Å². The van der Waals surface area contributed by atoms with Gasteiger partial charge in [-0.05, 0) is 86.1 Å². The molecule has 0 spiro atoms. The predicted molar refractivity (Wildman–Crippen MR) is 308 cm³/mol. The van der Waals surface area contributed by atoms with Gasteiger partial charge in [0, 0.05) is 62.8 Å². The van der Waals surface area contributed by atoms with Crippen molar-refractivity contribution in [3.8, 4) is 68.2 Å². The van der Waals surface area contributed by atoms with Crippen molar-refractivity contribution in [3.63, 3.8) is 0 Å². The van der Waals surface area contributed by atoms with Crippen LogP contribution in [0.4, 0.5) is 0 Å². The first-order chi connectivity index (χ1) is 36.2. The zero-order valence-electron chi connectivity index (χ0n) is 43.0. The standard InChI is InChI=1S/2C28H18O2.3C3H8O.CHCl3/c2*29-27(23-13-5-1-9-19(23)20-10-2-6-14-24(20)27)17-18-28(30)25-15-7-3-11-21(25)22-12-4-8-16-26(22)28;3*1-3(2)4;2-1(3)4/h2*1-16,29-30H;3*3-4H,1-2H3;1H. The van der Waals surface area contributed by atoms with Gasteiger partial charge in [-0.2, -0.15) is 0 Å². The molecule has 0 aliphatic heterocycles. The number of hydrogen-bond acceptors (Lipinski definition) is 7. The largest absolute Gasteiger partial charge is 0.394 e. The first kappa shape index (κ1) is 57.2. The number of hydrogen-bond donors (Lipinski definition) is 7.